The highest BCUT2D eigenvalue weighted by molar-refractivity contribution is 6.32. The predicted octanol–water partition coefficient (Wildman–Crippen LogP) is 6.01. The van der Waals surface area contributed by atoms with Crippen LogP contribution in [-0.2, 0) is 22.4 Å². The van der Waals surface area contributed by atoms with E-state index in [1.807, 2.05) is 41.0 Å². The van der Waals surface area contributed by atoms with E-state index in [0.29, 0.717) is 31.1 Å². The van der Waals surface area contributed by atoms with Gasteiger partial charge in [-0.25, -0.2) is 9.59 Å². The van der Waals surface area contributed by atoms with Crippen molar-refractivity contribution in [2.45, 2.75) is 76.8 Å². The number of hydrogen-bond donors (Lipinski definition) is 2. The molecule has 2 aromatic carbocycles. The zero-order valence-electron chi connectivity index (χ0n) is 27.8. The standard InChI is InChI=1S/C20H29ClN2O2.C16H21N3O3/c1-15(13-16-7-8-19(24)18(21)14-16)20(25)23-11-9-22(10-12-23)17-5-3-2-4-6-17;1-22-16(21)18-9-7-13(8-10-18)19-11-6-12-4-2-3-5-14(12)17-15(19)20/h7-8,14-15,17,24H,2-6,9-13H2,1H3;2-5,13H,6-11H2,1H3,(H,17,20)/t15-;/m1./s1. The summed E-state index contributed by atoms with van der Waals surface area (Å²) < 4.78 is 4.75. The van der Waals surface area contributed by atoms with Crippen LogP contribution in [0.2, 0.25) is 5.02 Å². The number of carbonyl (C=O) groups excluding carboxylic acids is 3. The molecule has 1 saturated carbocycles. The number of rotatable bonds is 5. The van der Waals surface area contributed by atoms with Crippen molar-refractivity contribution in [3.63, 3.8) is 0 Å². The van der Waals surface area contributed by atoms with Gasteiger partial charge in [0, 0.05) is 69.5 Å². The van der Waals surface area contributed by atoms with Gasteiger partial charge in [0.2, 0.25) is 5.91 Å². The maximum Gasteiger partial charge on any atom is 0.409 e. The minimum Gasteiger partial charge on any atom is -0.506 e. The highest BCUT2D eigenvalue weighted by Gasteiger charge is 2.32. The number of ether oxygens (including phenoxy) is 1. The van der Waals surface area contributed by atoms with E-state index in [-0.39, 0.29) is 35.7 Å². The molecule has 0 aromatic heterocycles. The lowest BCUT2D eigenvalue weighted by Gasteiger charge is -2.41. The van der Waals surface area contributed by atoms with Crippen LogP contribution < -0.4 is 5.32 Å². The lowest BCUT2D eigenvalue weighted by Crippen LogP contribution is -2.53. The van der Waals surface area contributed by atoms with Gasteiger partial charge in [-0.1, -0.05) is 62.1 Å². The quantitative estimate of drug-likeness (QED) is 0.405. The zero-order chi connectivity index (χ0) is 33.3. The second-order valence-corrected chi connectivity index (χ2v) is 13.7. The van der Waals surface area contributed by atoms with Crippen LogP contribution in [0.5, 0.6) is 5.75 Å². The first-order valence-corrected chi connectivity index (χ1v) is 17.6. The lowest BCUT2D eigenvalue weighted by molar-refractivity contribution is -0.137. The van der Waals surface area contributed by atoms with Gasteiger partial charge in [-0.15, -0.1) is 0 Å². The number of benzene rings is 2. The smallest absolute Gasteiger partial charge is 0.409 e. The number of aromatic hydroxyl groups is 1. The normalized spacial score (nSPS) is 20.3. The number of urea groups is 1. The first kappa shape index (κ1) is 34.8. The molecule has 47 heavy (non-hydrogen) atoms. The Morgan fingerprint density at radius 1 is 0.915 bits per heavy atom. The fourth-order valence-electron chi connectivity index (χ4n) is 7.41. The van der Waals surface area contributed by atoms with Gasteiger partial charge >= 0.3 is 12.1 Å². The molecule has 4 aliphatic rings. The summed E-state index contributed by atoms with van der Waals surface area (Å²) in [4.78, 5) is 45.0. The Balaban J connectivity index is 0.000000186. The first-order chi connectivity index (χ1) is 22.7. The number of piperazine rings is 1. The van der Waals surface area contributed by atoms with Crippen molar-refractivity contribution >= 4 is 35.3 Å². The molecule has 2 N–H and O–H groups in total. The molecule has 1 atom stereocenters. The summed E-state index contributed by atoms with van der Waals surface area (Å²) in [6, 6.07) is 14.0. The minimum atomic E-state index is -0.286. The number of hydrogen-bond acceptors (Lipinski definition) is 6. The first-order valence-electron chi connectivity index (χ1n) is 17.2. The molecule has 3 aliphatic heterocycles. The molecule has 10 nitrogen and oxygen atoms in total. The summed E-state index contributed by atoms with van der Waals surface area (Å²) in [5.41, 5.74) is 3.07. The lowest BCUT2D eigenvalue weighted by atomic mass is 9.93. The number of piperidine rings is 1. The average molecular weight is 668 g/mol. The number of nitrogens with zero attached hydrogens (tertiary/aromatic N) is 4. The van der Waals surface area contributed by atoms with Crippen molar-refractivity contribution in [2.75, 3.05) is 58.2 Å². The number of phenolic OH excluding ortho intramolecular Hbond substituents is 1. The van der Waals surface area contributed by atoms with E-state index in [9.17, 15) is 19.5 Å². The fourth-order valence-corrected chi connectivity index (χ4v) is 7.61. The van der Waals surface area contributed by atoms with Crippen molar-refractivity contribution in [3.8, 4) is 5.75 Å². The molecule has 0 spiro atoms. The van der Waals surface area contributed by atoms with E-state index in [4.69, 9.17) is 16.3 Å². The van der Waals surface area contributed by atoms with Crippen LogP contribution >= 0.6 is 11.6 Å². The van der Waals surface area contributed by atoms with Gasteiger partial charge in [0.05, 0.1) is 12.1 Å². The van der Waals surface area contributed by atoms with E-state index in [2.05, 4.69) is 16.3 Å². The summed E-state index contributed by atoms with van der Waals surface area (Å²) in [5.74, 6) is 0.248. The number of carbonyl (C=O) groups is 3. The maximum atomic E-state index is 12.8. The molecule has 1 aliphatic carbocycles. The van der Waals surface area contributed by atoms with E-state index in [1.165, 1.54) is 44.8 Å². The molecule has 3 fully saturated rings. The Labute approximate surface area is 284 Å². The van der Waals surface area contributed by atoms with Gasteiger partial charge in [0.1, 0.15) is 5.75 Å². The number of para-hydroxylation sites is 1. The maximum absolute atomic E-state index is 12.8. The zero-order valence-corrected chi connectivity index (χ0v) is 28.6. The highest BCUT2D eigenvalue weighted by atomic mass is 35.5. The number of phenols is 1. The number of methoxy groups -OCH3 is 1. The van der Waals surface area contributed by atoms with Gasteiger partial charge in [0.15, 0.2) is 0 Å². The van der Waals surface area contributed by atoms with Crippen LogP contribution in [-0.4, -0.2) is 108 Å². The third kappa shape index (κ3) is 9.11. The molecule has 0 radical (unpaired) electrons. The largest absolute Gasteiger partial charge is 0.506 e. The van der Waals surface area contributed by atoms with E-state index < -0.39 is 0 Å². The van der Waals surface area contributed by atoms with Crippen LogP contribution in [0, 0.1) is 5.92 Å². The molecule has 11 heteroatoms. The molecule has 256 valence electrons. The number of likely N-dealkylation sites (tertiary alicyclic amines) is 1. The van der Waals surface area contributed by atoms with Crippen molar-refractivity contribution in [2.24, 2.45) is 5.92 Å². The average Bonchev–Trinajstić information content (AvgIpc) is 3.28. The van der Waals surface area contributed by atoms with Gasteiger partial charge in [-0.05, 0) is 67.9 Å². The van der Waals surface area contributed by atoms with Crippen molar-refractivity contribution in [1.82, 2.24) is 19.6 Å². The Bertz CT molecular complexity index is 1370. The molecular weight excluding hydrogens is 618 g/mol. The number of halogens is 1. The Hall–Kier alpha value is -3.50. The predicted molar refractivity (Wildman–Crippen MR) is 184 cm³/mol. The highest BCUT2D eigenvalue weighted by Crippen LogP contribution is 2.27. The summed E-state index contributed by atoms with van der Waals surface area (Å²) in [7, 11) is 1.40. The molecular formula is C36H50ClN5O5. The number of anilines is 1. The summed E-state index contributed by atoms with van der Waals surface area (Å²) in [6.07, 6.45) is 9.55. The van der Waals surface area contributed by atoms with E-state index in [1.54, 1.807) is 17.0 Å². The van der Waals surface area contributed by atoms with Crippen LogP contribution in [0.15, 0.2) is 42.5 Å². The third-order valence-electron chi connectivity index (χ3n) is 10.2. The number of nitrogens with one attached hydrogen (secondary N) is 1. The summed E-state index contributed by atoms with van der Waals surface area (Å²) in [6.45, 7) is 7.67. The third-order valence-corrected chi connectivity index (χ3v) is 10.5. The van der Waals surface area contributed by atoms with Crippen LogP contribution in [0.4, 0.5) is 15.3 Å². The molecule has 6 rings (SSSR count). The summed E-state index contributed by atoms with van der Waals surface area (Å²) >= 11 is 5.96. The molecule has 0 bridgehead atoms. The van der Waals surface area contributed by atoms with Gasteiger partial charge in [0.25, 0.3) is 0 Å². The second-order valence-electron chi connectivity index (χ2n) is 13.3. The summed E-state index contributed by atoms with van der Waals surface area (Å²) in [5, 5.41) is 12.9. The topological polar surface area (TPSA) is 106 Å². The second kappa shape index (κ2) is 16.6. The van der Waals surface area contributed by atoms with Gasteiger partial charge < -0.3 is 29.9 Å². The minimum absolute atomic E-state index is 0.0403. The molecule has 2 saturated heterocycles. The van der Waals surface area contributed by atoms with E-state index in [0.717, 1.165) is 62.7 Å². The molecule has 0 unspecified atom stereocenters. The van der Waals surface area contributed by atoms with Crippen molar-refractivity contribution in [1.29, 1.82) is 0 Å². The number of fused-ring (bicyclic) bond motifs is 1. The Kier molecular flexibility index (Phi) is 12.3. The number of amides is 4. The van der Waals surface area contributed by atoms with Crippen LogP contribution in [0.25, 0.3) is 0 Å². The van der Waals surface area contributed by atoms with Crippen LogP contribution in [0.3, 0.4) is 0 Å². The van der Waals surface area contributed by atoms with Crippen LogP contribution in [0.1, 0.15) is 63.0 Å². The Morgan fingerprint density at radius 3 is 2.30 bits per heavy atom. The Morgan fingerprint density at radius 2 is 1.62 bits per heavy atom. The monoisotopic (exact) mass is 667 g/mol. The van der Waals surface area contributed by atoms with Gasteiger partial charge in [-0.3, -0.25) is 9.69 Å². The fraction of sp³-hybridized carbons (Fsp3) is 0.583. The van der Waals surface area contributed by atoms with Crippen molar-refractivity contribution in [3.05, 3.63) is 58.6 Å². The molecule has 3 heterocycles. The SMILES string of the molecule is COC(=O)N1CCC(N2CCc3ccccc3NC2=O)CC1.C[C@H](Cc1ccc(O)c(Cl)c1)C(=O)N1CCN(C2CCCCC2)CC1. The van der Waals surface area contributed by atoms with Gasteiger partial charge in [-0.2, -0.15) is 0 Å². The van der Waals surface area contributed by atoms with E-state index >= 15 is 0 Å². The van der Waals surface area contributed by atoms with Crippen molar-refractivity contribution < 1.29 is 24.2 Å². The molecule has 4 amide bonds. The molecule has 2 aromatic rings.